The molecular weight excluding hydrogens is 292 g/mol. The fourth-order valence-corrected chi connectivity index (χ4v) is 1.88. The monoisotopic (exact) mass is 320 g/mol. The highest BCUT2D eigenvalue weighted by molar-refractivity contribution is 5.81. The number of rotatable bonds is 8. The number of nitrogens with one attached hydrogen (secondary N) is 3. The van der Waals surface area contributed by atoms with E-state index in [0.29, 0.717) is 32.1 Å². The first kappa shape index (κ1) is 18.8. The molecule has 0 saturated heterocycles. The van der Waals surface area contributed by atoms with E-state index in [-0.39, 0.29) is 11.9 Å². The lowest BCUT2D eigenvalue weighted by Gasteiger charge is -2.13. The number of aryl methyl sites for hydroxylation is 1. The summed E-state index contributed by atoms with van der Waals surface area (Å²) in [6, 6.07) is 8.11. The number of amides is 1. The molecular formula is C17H28N4O2. The van der Waals surface area contributed by atoms with Gasteiger partial charge in [0.05, 0.1) is 6.54 Å². The van der Waals surface area contributed by atoms with Gasteiger partial charge in [0.25, 0.3) is 0 Å². The number of guanidine groups is 1. The molecule has 0 aromatic heterocycles. The number of aliphatic imine (C=N–C) groups is 1. The number of carbonyl (C=O) groups excluding carboxylic acids is 1. The van der Waals surface area contributed by atoms with Crippen molar-refractivity contribution < 1.29 is 9.53 Å². The molecule has 0 saturated carbocycles. The van der Waals surface area contributed by atoms with E-state index in [4.69, 9.17) is 4.74 Å². The Hall–Kier alpha value is -2.24. The van der Waals surface area contributed by atoms with E-state index in [1.807, 2.05) is 45.0 Å². The highest BCUT2D eigenvalue weighted by atomic mass is 16.5. The third-order valence-electron chi connectivity index (χ3n) is 3.00. The number of nitrogens with zero attached hydrogens (tertiary/aromatic N) is 1. The highest BCUT2D eigenvalue weighted by Gasteiger charge is 2.03. The maximum absolute atomic E-state index is 11.5. The minimum atomic E-state index is 0.0330. The summed E-state index contributed by atoms with van der Waals surface area (Å²) in [5, 5.41) is 9.10. The second kappa shape index (κ2) is 10.5. The molecule has 0 aliphatic carbocycles. The van der Waals surface area contributed by atoms with Gasteiger partial charge in [-0.25, -0.2) is 0 Å². The van der Waals surface area contributed by atoms with Gasteiger partial charge in [0.15, 0.2) is 5.96 Å². The van der Waals surface area contributed by atoms with Crippen molar-refractivity contribution in [2.45, 2.75) is 33.2 Å². The SMILES string of the molecule is CN=C(NCCOc1ccc(C)cc1)NCCC(=O)NC(C)C. The molecule has 6 nitrogen and oxygen atoms in total. The van der Waals surface area contributed by atoms with Crippen molar-refractivity contribution in [2.75, 3.05) is 26.7 Å². The van der Waals surface area contributed by atoms with Crippen molar-refractivity contribution in [1.29, 1.82) is 0 Å². The standard InChI is InChI=1S/C17H28N4O2/c1-13(2)21-16(22)9-10-19-17(18-4)20-11-12-23-15-7-5-14(3)6-8-15/h5-8,13H,9-12H2,1-4H3,(H,21,22)(H2,18,19,20). The van der Waals surface area contributed by atoms with Gasteiger partial charge in [0, 0.05) is 26.1 Å². The van der Waals surface area contributed by atoms with Gasteiger partial charge < -0.3 is 20.7 Å². The zero-order valence-corrected chi connectivity index (χ0v) is 14.5. The van der Waals surface area contributed by atoms with Crippen LogP contribution in [0.3, 0.4) is 0 Å². The molecule has 1 aromatic carbocycles. The quantitative estimate of drug-likeness (QED) is 0.385. The van der Waals surface area contributed by atoms with Gasteiger partial charge in [-0.05, 0) is 32.9 Å². The van der Waals surface area contributed by atoms with Gasteiger partial charge in [0.2, 0.25) is 5.91 Å². The molecule has 6 heteroatoms. The van der Waals surface area contributed by atoms with E-state index >= 15 is 0 Å². The molecule has 1 rings (SSSR count). The van der Waals surface area contributed by atoms with Crippen molar-refractivity contribution in [3.05, 3.63) is 29.8 Å². The minimum absolute atomic E-state index is 0.0330. The first-order chi connectivity index (χ1) is 11.0. The second-order valence-electron chi connectivity index (χ2n) is 5.56. The molecule has 23 heavy (non-hydrogen) atoms. The van der Waals surface area contributed by atoms with Gasteiger partial charge in [-0.15, -0.1) is 0 Å². The lowest BCUT2D eigenvalue weighted by Crippen LogP contribution is -2.41. The van der Waals surface area contributed by atoms with E-state index in [1.54, 1.807) is 7.05 Å². The lowest BCUT2D eigenvalue weighted by molar-refractivity contribution is -0.121. The van der Waals surface area contributed by atoms with Gasteiger partial charge >= 0.3 is 0 Å². The summed E-state index contributed by atoms with van der Waals surface area (Å²) in [6.07, 6.45) is 0.415. The summed E-state index contributed by atoms with van der Waals surface area (Å²) in [6.45, 7) is 7.64. The molecule has 0 fully saturated rings. The molecule has 1 aromatic rings. The van der Waals surface area contributed by atoms with Gasteiger partial charge in [-0.3, -0.25) is 9.79 Å². The van der Waals surface area contributed by atoms with Crippen molar-refractivity contribution in [3.8, 4) is 5.75 Å². The van der Waals surface area contributed by atoms with Crippen LogP contribution in [0.25, 0.3) is 0 Å². The molecule has 1 amide bonds. The fourth-order valence-electron chi connectivity index (χ4n) is 1.88. The molecule has 0 heterocycles. The van der Waals surface area contributed by atoms with Crippen LogP contribution in [0.5, 0.6) is 5.75 Å². The Kier molecular flexibility index (Phi) is 8.57. The van der Waals surface area contributed by atoms with Gasteiger partial charge in [-0.2, -0.15) is 0 Å². The number of ether oxygens (including phenoxy) is 1. The Morgan fingerprint density at radius 1 is 1.17 bits per heavy atom. The molecule has 0 aliphatic rings. The molecule has 0 aliphatic heterocycles. The normalized spacial score (nSPS) is 11.3. The Labute approximate surface area is 138 Å². The first-order valence-corrected chi connectivity index (χ1v) is 7.94. The predicted octanol–water partition coefficient (Wildman–Crippen LogP) is 1.45. The van der Waals surface area contributed by atoms with Crippen LogP contribution in [-0.2, 0) is 4.79 Å². The number of benzene rings is 1. The molecule has 0 spiro atoms. The largest absolute Gasteiger partial charge is 0.492 e. The summed E-state index contributed by atoms with van der Waals surface area (Å²) in [5.41, 5.74) is 1.21. The molecule has 0 bridgehead atoms. The van der Waals surface area contributed by atoms with Crippen LogP contribution >= 0.6 is 0 Å². The maximum Gasteiger partial charge on any atom is 0.221 e. The maximum atomic E-state index is 11.5. The summed E-state index contributed by atoms with van der Waals surface area (Å²) < 4.78 is 5.63. The molecule has 0 radical (unpaired) electrons. The zero-order valence-electron chi connectivity index (χ0n) is 14.5. The molecule has 0 unspecified atom stereocenters. The molecule has 3 N–H and O–H groups in total. The van der Waals surface area contributed by atoms with Gasteiger partial charge in [0.1, 0.15) is 12.4 Å². The summed E-state index contributed by atoms with van der Waals surface area (Å²) >= 11 is 0. The average molecular weight is 320 g/mol. The third kappa shape index (κ3) is 8.70. The van der Waals surface area contributed by atoms with Gasteiger partial charge in [-0.1, -0.05) is 17.7 Å². The Balaban J connectivity index is 2.16. The summed E-state index contributed by atoms with van der Waals surface area (Å²) in [4.78, 5) is 15.6. The topological polar surface area (TPSA) is 74.8 Å². The van der Waals surface area contributed by atoms with Crippen molar-refractivity contribution in [1.82, 2.24) is 16.0 Å². The van der Waals surface area contributed by atoms with Crippen LogP contribution in [0.2, 0.25) is 0 Å². The summed E-state index contributed by atoms with van der Waals surface area (Å²) in [7, 11) is 1.70. The first-order valence-electron chi connectivity index (χ1n) is 7.94. The van der Waals surface area contributed by atoms with Crippen molar-refractivity contribution >= 4 is 11.9 Å². The lowest BCUT2D eigenvalue weighted by atomic mass is 10.2. The minimum Gasteiger partial charge on any atom is -0.492 e. The van der Waals surface area contributed by atoms with Crippen LogP contribution in [0.4, 0.5) is 0 Å². The smallest absolute Gasteiger partial charge is 0.221 e. The van der Waals surface area contributed by atoms with Crippen LogP contribution in [0.1, 0.15) is 25.8 Å². The predicted molar refractivity (Wildman–Crippen MR) is 93.9 cm³/mol. The zero-order chi connectivity index (χ0) is 17.1. The average Bonchev–Trinajstić information content (AvgIpc) is 2.50. The number of hydrogen-bond donors (Lipinski definition) is 3. The van der Waals surface area contributed by atoms with Crippen LogP contribution in [0.15, 0.2) is 29.3 Å². The van der Waals surface area contributed by atoms with Crippen molar-refractivity contribution in [3.63, 3.8) is 0 Å². The Morgan fingerprint density at radius 2 is 1.83 bits per heavy atom. The highest BCUT2D eigenvalue weighted by Crippen LogP contribution is 2.10. The van der Waals surface area contributed by atoms with E-state index in [9.17, 15) is 4.79 Å². The summed E-state index contributed by atoms with van der Waals surface area (Å²) in [5.74, 6) is 1.55. The van der Waals surface area contributed by atoms with Crippen LogP contribution in [0, 0.1) is 6.92 Å². The Morgan fingerprint density at radius 3 is 2.43 bits per heavy atom. The molecule has 128 valence electrons. The Bertz CT molecular complexity index is 498. The number of hydrogen-bond acceptors (Lipinski definition) is 3. The molecule has 0 atom stereocenters. The van der Waals surface area contributed by atoms with E-state index < -0.39 is 0 Å². The fraction of sp³-hybridized carbons (Fsp3) is 0.529. The van der Waals surface area contributed by atoms with Crippen LogP contribution < -0.4 is 20.7 Å². The second-order valence-corrected chi connectivity index (χ2v) is 5.56. The number of carbonyl (C=O) groups is 1. The van der Waals surface area contributed by atoms with E-state index in [2.05, 4.69) is 20.9 Å². The van der Waals surface area contributed by atoms with Crippen molar-refractivity contribution in [2.24, 2.45) is 4.99 Å². The van der Waals surface area contributed by atoms with Crippen LogP contribution in [-0.4, -0.2) is 44.7 Å². The van der Waals surface area contributed by atoms with E-state index in [0.717, 1.165) is 5.75 Å². The van der Waals surface area contributed by atoms with E-state index in [1.165, 1.54) is 5.56 Å². The third-order valence-corrected chi connectivity index (χ3v) is 3.00.